The number of carboxylic acid groups (broad SMARTS) is 1. The molecule has 0 aromatic carbocycles. The fourth-order valence-electron chi connectivity index (χ4n) is 2.27. The topological polar surface area (TPSA) is 83.6 Å². The van der Waals surface area contributed by atoms with E-state index in [-0.39, 0.29) is 17.7 Å². The van der Waals surface area contributed by atoms with Crippen molar-refractivity contribution in [2.75, 3.05) is 19.6 Å². The molecule has 0 aromatic heterocycles. The number of aliphatic carboxylic acids is 1. The standard InChI is InChI=1S/C12H22N2O3/c1-8(2)10(6-13)11(15)14-5-3-4-9(7-14)12(16)17/h8-10H,3-7,13H2,1-2H3,(H,16,17)/t9-,10?/m1/s1. The van der Waals surface area contributed by atoms with Crippen LogP contribution in [0.1, 0.15) is 26.7 Å². The molecule has 1 rings (SSSR count). The molecule has 1 saturated heterocycles. The molecule has 0 aliphatic carbocycles. The second-order valence-electron chi connectivity index (χ2n) is 5.05. The first-order valence-electron chi connectivity index (χ1n) is 6.19. The second kappa shape index (κ2) is 6.00. The van der Waals surface area contributed by atoms with Crippen molar-refractivity contribution in [3.63, 3.8) is 0 Å². The zero-order valence-electron chi connectivity index (χ0n) is 10.6. The highest BCUT2D eigenvalue weighted by Gasteiger charge is 2.32. The number of likely N-dealkylation sites (tertiary alicyclic amines) is 1. The molecule has 1 fully saturated rings. The zero-order valence-corrected chi connectivity index (χ0v) is 10.6. The first kappa shape index (κ1) is 14.0. The Morgan fingerprint density at radius 2 is 2.12 bits per heavy atom. The monoisotopic (exact) mass is 242 g/mol. The number of carbonyl (C=O) groups excluding carboxylic acids is 1. The van der Waals surface area contributed by atoms with Crippen molar-refractivity contribution < 1.29 is 14.7 Å². The van der Waals surface area contributed by atoms with Gasteiger partial charge in [0.1, 0.15) is 0 Å². The molecule has 5 nitrogen and oxygen atoms in total. The first-order valence-corrected chi connectivity index (χ1v) is 6.19. The summed E-state index contributed by atoms with van der Waals surface area (Å²) in [5.74, 6) is -1.22. The smallest absolute Gasteiger partial charge is 0.308 e. The van der Waals surface area contributed by atoms with Gasteiger partial charge in [0, 0.05) is 19.6 Å². The maximum Gasteiger partial charge on any atom is 0.308 e. The molecule has 0 saturated carbocycles. The van der Waals surface area contributed by atoms with Gasteiger partial charge < -0.3 is 15.7 Å². The Hall–Kier alpha value is -1.10. The van der Waals surface area contributed by atoms with Gasteiger partial charge in [-0.2, -0.15) is 0 Å². The van der Waals surface area contributed by atoms with Gasteiger partial charge in [0.15, 0.2) is 0 Å². The molecule has 1 heterocycles. The summed E-state index contributed by atoms with van der Waals surface area (Å²) in [5, 5.41) is 8.98. The van der Waals surface area contributed by atoms with Gasteiger partial charge in [-0.15, -0.1) is 0 Å². The molecule has 1 aliphatic heterocycles. The third kappa shape index (κ3) is 3.43. The van der Waals surface area contributed by atoms with Crippen molar-refractivity contribution in [1.82, 2.24) is 4.90 Å². The third-order valence-electron chi connectivity index (χ3n) is 3.46. The number of amides is 1. The van der Waals surface area contributed by atoms with E-state index in [0.717, 1.165) is 6.42 Å². The average molecular weight is 242 g/mol. The van der Waals surface area contributed by atoms with Crippen LogP contribution in [0.5, 0.6) is 0 Å². The quantitative estimate of drug-likeness (QED) is 0.753. The van der Waals surface area contributed by atoms with Gasteiger partial charge in [-0.05, 0) is 18.8 Å². The summed E-state index contributed by atoms with van der Waals surface area (Å²) in [6, 6.07) is 0. The molecule has 0 spiro atoms. The Morgan fingerprint density at radius 1 is 1.47 bits per heavy atom. The van der Waals surface area contributed by atoms with Crippen molar-refractivity contribution in [2.24, 2.45) is 23.5 Å². The number of carboxylic acids is 1. The van der Waals surface area contributed by atoms with Crippen LogP contribution in [0.25, 0.3) is 0 Å². The lowest BCUT2D eigenvalue weighted by molar-refractivity contribution is -0.147. The number of hydrogen-bond acceptors (Lipinski definition) is 3. The second-order valence-corrected chi connectivity index (χ2v) is 5.05. The lowest BCUT2D eigenvalue weighted by atomic mass is 9.91. The van der Waals surface area contributed by atoms with Crippen LogP contribution in [0.15, 0.2) is 0 Å². The zero-order chi connectivity index (χ0) is 13.0. The highest BCUT2D eigenvalue weighted by Crippen LogP contribution is 2.20. The molecule has 0 aromatic rings. The van der Waals surface area contributed by atoms with E-state index in [4.69, 9.17) is 10.8 Å². The maximum atomic E-state index is 12.2. The SMILES string of the molecule is CC(C)C(CN)C(=O)N1CCC[C@@H](C(=O)O)C1. The van der Waals surface area contributed by atoms with Crippen LogP contribution in [-0.2, 0) is 9.59 Å². The van der Waals surface area contributed by atoms with Crippen molar-refractivity contribution in [2.45, 2.75) is 26.7 Å². The van der Waals surface area contributed by atoms with Crippen LogP contribution in [-0.4, -0.2) is 41.5 Å². The van der Waals surface area contributed by atoms with Crippen LogP contribution in [0.2, 0.25) is 0 Å². The molecule has 1 amide bonds. The first-order chi connectivity index (χ1) is 7.97. The summed E-state index contributed by atoms with van der Waals surface area (Å²) in [6.07, 6.45) is 1.42. The van der Waals surface area contributed by atoms with Crippen molar-refractivity contribution in [1.29, 1.82) is 0 Å². The minimum atomic E-state index is -0.809. The van der Waals surface area contributed by atoms with Crippen LogP contribution in [0.4, 0.5) is 0 Å². The van der Waals surface area contributed by atoms with Gasteiger partial charge in [-0.3, -0.25) is 9.59 Å². The van der Waals surface area contributed by atoms with E-state index in [0.29, 0.717) is 26.1 Å². The van der Waals surface area contributed by atoms with Gasteiger partial charge in [0.05, 0.1) is 11.8 Å². The highest BCUT2D eigenvalue weighted by atomic mass is 16.4. The number of hydrogen-bond donors (Lipinski definition) is 2. The Labute approximate surface area is 102 Å². The van der Waals surface area contributed by atoms with E-state index in [1.54, 1.807) is 4.90 Å². The minimum absolute atomic E-state index is 0.00782. The van der Waals surface area contributed by atoms with Gasteiger partial charge in [-0.1, -0.05) is 13.8 Å². The fraction of sp³-hybridized carbons (Fsp3) is 0.833. The number of nitrogens with two attached hydrogens (primary N) is 1. The summed E-state index contributed by atoms with van der Waals surface area (Å²) in [5.41, 5.74) is 5.61. The summed E-state index contributed by atoms with van der Waals surface area (Å²) in [6.45, 7) is 5.25. The van der Waals surface area contributed by atoms with Crippen LogP contribution < -0.4 is 5.73 Å². The highest BCUT2D eigenvalue weighted by molar-refractivity contribution is 5.80. The summed E-state index contributed by atoms with van der Waals surface area (Å²) in [4.78, 5) is 24.8. The van der Waals surface area contributed by atoms with E-state index in [1.807, 2.05) is 13.8 Å². The Morgan fingerprint density at radius 3 is 2.59 bits per heavy atom. The largest absolute Gasteiger partial charge is 0.481 e. The van der Waals surface area contributed by atoms with Gasteiger partial charge >= 0.3 is 5.97 Å². The molecular formula is C12H22N2O3. The van der Waals surface area contributed by atoms with Gasteiger partial charge in [-0.25, -0.2) is 0 Å². The van der Waals surface area contributed by atoms with E-state index in [2.05, 4.69) is 0 Å². The summed E-state index contributed by atoms with van der Waals surface area (Å²) in [7, 11) is 0. The van der Waals surface area contributed by atoms with Crippen LogP contribution >= 0.6 is 0 Å². The number of nitrogens with zero attached hydrogens (tertiary/aromatic N) is 1. The van der Waals surface area contributed by atoms with E-state index in [1.165, 1.54) is 0 Å². The molecule has 1 unspecified atom stereocenters. The summed E-state index contributed by atoms with van der Waals surface area (Å²) >= 11 is 0. The van der Waals surface area contributed by atoms with Gasteiger partial charge in [0.25, 0.3) is 0 Å². The normalized spacial score (nSPS) is 22.6. The Balaban J connectivity index is 2.65. The van der Waals surface area contributed by atoms with Crippen LogP contribution in [0, 0.1) is 17.8 Å². The molecule has 17 heavy (non-hydrogen) atoms. The van der Waals surface area contributed by atoms with E-state index in [9.17, 15) is 9.59 Å². The van der Waals surface area contributed by atoms with Crippen molar-refractivity contribution >= 4 is 11.9 Å². The molecule has 0 bridgehead atoms. The molecule has 98 valence electrons. The molecule has 2 atom stereocenters. The molecule has 1 aliphatic rings. The molecule has 5 heteroatoms. The average Bonchev–Trinajstić information content (AvgIpc) is 2.29. The number of rotatable bonds is 4. The molecule has 0 radical (unpaired) electrons. The van der Waals surface area contributed by atoms with E-state index < -0.39 is 11.9 Å². The van der Waals surface area contributed by atoms with Crippen molar-refractivity contribution in [3.05, 3.63) is 0 Å². The third-order valence-corrected chi connectivity index (χ3v) is 3.46. The van der Waals surface area contributed by atoms with E-state index >= 15 is 0 Å². The van der Waals surface area contributed by atoms with Crippen molar-refractivity contribution in [3.8, 4) is 0 Å². The van der Waals surface area contributed by atoms with Crippen LogP contribution in [0.3, 0.4) is 0 Å². The number of piperidine rings is 1. The lowest BCUT2D eigenvalue weighted by Crippen LogP contribution is -2.47. The molecular weight excluding hydrogens is 220 g/mol. The Bertz CT molecular complexity index is 291. The predicted molar refractivity (Wildman–Crippen MR) is 64.3 cm³/mol. The Kier molecular flexibility index (Phi) is 4.93. The van der Waals surface area contributed by atoms with Gasteiger partial charge in [0.2, 0.25) is 5.91 Å². The molecule has 3 N–H and O–H groups in total. The fourth-order valence-corrected chi connectivity index (χ4v) is 2.27. The number of carbonyl (C=O) groups is 2. The predicted octanol–water partition coefficient (Wildman–Crippen LogP) is 0.541. The minimum Gasteiger partial charge on any atom is -0.481 e. The lowest BCUT2D eigenvalue weighted by Gasteiger charge is -2.34. The maximum absolute atomic E-state index is 12.2. The summed E-state index contributed by atoms with van der Waals surface area (Å²) < 4.78 is 0.